The van der Waals surface area contributed by atoms with E-state index in [1.165, 1.54) is 5.56 Å². The maximum Gasteiger partial charge on any atom is 0.220 e. The van der Waals surface area contributed by atoms with Crippen LogP contribution in [-0.4, -0.2) is 43.2 Å². The molecule has 4 nitrogen and oxygen atoms in total. The van der Waals surface area contributed by atoms with Crippen molar-refractivity contribution in [2.24, 2.45) is 5.92 Å². The summed E-state index contributed by atoms with van der Waals surface area (Å²) >= 11 is 0. The molecule has 1 atom stereocenters. The smallest absolute Gasteiger partial charge is 0.220 e. The fourth-order valence-electron chi connectivity index (χ4n) is 3.74. The third-order valence-corrected chi connectivity index (χ3v) is 5.06. The van der Waals surface area contributed by atoms with E-state index in [4.69, 9.17) is 4.74 Å². The van der Waals surface area contributed by atoms with Crippen molar-refractivity contribution in [1.82, 2.24) is 10.2 Å². The lowest BCUT2D eigenvalue weighted by atomic mass is 9.84. The number of benzene rings is 1. The minimum Gasteiger partial charge on any atom is -0.375 e. The third kappa shape index (κ3) is 3.68. The highest BCUT2D eigenvalue weighted by molar-refractivity contribution is 5.75. The van der Waals surface area contributed by atoms with Gasteiger partial charge in [0.15, 0.2) is 0 Å². The normalized spacial score (nSPS) is 24.5. The zero-order valence-electron chi connectivity index (χ0n) is 13.4. The highest BCUT2D eigenvalue weighted by Crippen LogP contribution is 2.39. The number of likely N-dealkylation sites (tertiary alicyclic amines) is 1. The molecule has 4 heteroatoms. The highest BCUT2D eigenvalue weighted by Gasteiger charge is 2.42. The first kappa shape index (κ1) is 15.5. The van der Waals surface area contributed by atoms with Crippen LogP contribution in [0.4, 0.5) is 0 Å². The molecule has 1 unspecified atom stereocenters. The first-order chi connectivity index (χ1) is 10.7. The van der Waals surface area contributed by atoms with Crippen molar-refractivity contribution in [2.45, 2.75) is 37.8 Å². The number of hydrogen-bond acceptors (Lipinski definition) is 3. The Bertz CT molecular complexity index is 495. The van der Waals surface area contributed by atoms with Crippen molar-refractivity contribution in [3.8, 4) is 0 Å². The van der Waals surface area contributed by atoms with Gasteiger partial charge in [0, 0.05) is 33.1 Å². The molecule has 3 rings (SSSR count). The molecule has 1 aromatic carbocycles. The summed E-state index contributed by atoms with van der Waals surface area (Å²) in [5.41, 5.74) is 1.41. The Morgan fingerprint density at radius 3 is 2.73 bits per heavy atom. The van der Waals surface area contributed by atoms with E-state index in [0.29, 0.717) is 12.3 Å². The number of ether oxygens (including phenoxy) is 1. The van der Waals surface area contributed by atoms with Gasteiger partial charge < -0.3 is 10.1 Å². The summed E-state index contributed by atoms with van der Waals surface area (Å²) in [7, 11) is 1.70. The highest BCUT2D eigenvalue weighted by atomic mass is 16.5. The molecule has 2 fully saturated rings. The van der Waals surface area contributed by atoms with Gasteiger partial charge in [0.25, 0.3) is 0 Å². The van der Waals surface area contributed by atoms with Crippen LogP contribution in [0.25, 0.3) is 0 Å². The molecule has 1 aromatic rings. The molecule has 1 spiro atoms. The Morgan fingerprint density at radius 1 is 1.32 bits per heavy atom. The van der Waals surface area contributed by atoms with Gasteiger partial charge in [-0.3, -0.25) is 9.69 Å². The van der Waals surface area contributed by atoms with E-state index in [1.807, 2.05) is 0 Å². The van der Waals surface area contributed by atoms with Crippen molar-refractivity contribution in [2.75, 3.05) is 26.7 Å². The lowest BCUT2D eigenvalue weighted by Crippen LogP contribution is -2.43. The molecule has 2 aliphatic rings. The van der Waals surface area contributed by atoms with Gasteiger partial charge in [-0.1, -0.05) is 30.3 Å². The van der Waals surface area contributed by atoms with E-state index in [2.05, 4.69) is 40.5 Å². The standard InChI is InChI=1S/C18H26N2O2/c1-19-17(21)11-16-12-18(22-14-16)7-9-20(10-8-18)13-15-5-3-2-4-6-15/h2-6,16H,7-14H2,1H3,(H,19,21). The van der Waals surface area contributed by atoms with Crippen molar-refractivity contribution >= 4 is 5.91 Å². The lowest BCUT2D eigenvalue weighted by molar-refractivity contribution is -0.121. The van der Waals surface area contributed by atoms with Gasteiger partial charge in [0.2, 0.25) is 5.91 Å². The van der Waals surface area contributed by atoms with Gasteiger partial charge in [-0.15, -0.1) is 0 Å². The summed E-state index contributed by atoms with van der Waals surface area (Å²) in [6.07, 6.45) is 3.82. The molecule has 2 saturated heterocycles. The van der Waals surface area contributed by atoms with Crippen LogP contribution in [0, 0.1) is 5.92 Å². The van der Waals surface area contributed by atoms with Gasteiger partial charge in [-0.05, 0) is 30.7 Å². The minimum absolute atomic E-state index is 0.0336. The van der Waals surface area contributed by atoms with Crippen LogP contribution >= 0.6 is 0 Å². The predicted molar refractivity (Wildman–Crippen MR) is 86.4 cm³/mol. The molecule has 0 radical (unpaired) electrons. The summed E-state index contributed by atoms with van der Waals surface area (Å²) in [5.74, 6) is 0.521. The van der Waals surface area contributed by atoms with E-state index >= 15 is 0 Å². The van der Waals surface area contributed by atoms with Gasteiger partial charge in [0.05, 0.1) is 12.2 Å². The molecule has 0 aromatic heterocycles. The quantitative estimate of drug-likeness (QED) is 0.927. The summed E-state index contributed by atoms with van der Waals surface area (Å²) in [6.45, 7) is 3.94. The first-order valence-corrected chi connectivity index (χ1v) is 8.30. The summed E-state index contributed by atoms with van der Waals surface area (Å²) in [4.78, 5) is 14.0. The second-order valence-electron chi connectivity index (χ2n) is 6.70. The summed E-state index contributed by atoms with van der Waals surface area (Å²) < 4.78 is 6.13. The van der Waals surface area contributed by atoms with Crippen LogP contribution in [0.2, 0.25) is 0 Å². The maximum absolute atomic E-state index is 11.5. The molecular formula is C18H26N2O2. The van der Waals surface area contributed by atoms with E-state index in [0.717, 1.165) is 45.5 Å². The molecule has 2 aliphatic heterocycles. The van der Waals surface area contributed by atoms with Gasteiger partial charge in [-0.25, -0.2) is 0 Å². The number of carbonyl (C=O) groups excluding carboxylic acids is 1. The Kier molecular flexibility index (Phi) is 4.79. The molecule has 120 valence electrons. The van der Waals surface area contributed by atoms with Gasteiger partial charge in [0.1, 0.15) is 0 Å². The number of hydrogen-bond donors (Lipinski definition) is 1. The van der Waals surface area contributed by atoms with Crippen LogP contribution in [-0.2, 0) is 16.1 Å². The first-order valence-electron chi connectivity index (χ1n) is 8.30. The Labute approximate surface area is 132 Å². The zero-order valence-corrected chi connectivity index (χ0v) is 13.4. The second kappa shape index (κ2) is 6.80. The summed E-state index contributed by atoms with van der Waals surface area (Å²) in [5, 5.41) is 2.71. The van der Waals surface area contributed by atoms with E-state index in [-0.39, 0.29) is 11.5 Å². The lowest BCUT2D eigenvalue weighted by Gasteiger charge is -2.38. The van der Waals surface area contributed by atoms with Crippen LogP contribution in [0.1, 0.15) is 31.2 Å². The fraction of sp³-hybridized carbons (Fsp3) is 0.611. The largest absolute Gasteiger partial charge is 0.375 e. The predicted octanol–water partition coefficient (Wildman–Crippen LogP) is 2.19. The van der Waals surface area contributed by atoms with Crippen LogP contribution < -0.4 is 5.32 Å². The molecule has 2 heterocycles. The number of amides is 1. The van der Waals surface area contributed by atoms with E-state index in [1.54, 1.807) is 7.05 Å². The molecule has 1 amide bonds. The molecule has 0 aliphatic carbocycles. The minimum atomic E-state index is 0.0336. The van der Waals surface area contributed by atoms with Gasteiger partial charge >= 0.3 is 0 Å². The van der Waals surface area contributed by atoms with Crippen molar-refractivity contribution in [1.29, 1.82) is 0 Å². The number of nitrogens with zero attached hydrogens (tertiary/aromatic N) is 1. The molecular weight excluding hydrogens is 276 g/mol. The monoisotopic (exact) mass is 302 g/mol. The number of piperidine rings is 1. The van der Waals surface area contributed by atoms with E-state index in [9.17, 15) is 4.79 Å². The van der Waals surface area contributed by atoms with Crippen LogP contribution in [0.5, 0.6) is 0 Å². The van der Waals surface area contributed by atoms with Crippen LogP contribution in [0.3, 0.4) is 0 Å². The number of carbonyl (C=O) groups is 1. The molecule has 0 bridgehead atoms. The Hall–Kier alpha value is -1.39. The van der Waals surface area contributed by atoms with Crippen molar-refractivity contribution < 1.29 is 9.53 Å². The maximum atomic E-state index is 11.5. The Morgan fingerprint density at radius 2 is 2.05 bits per heavy atom. The molecule has 22 heavy (non-hydrogen) atoms. The second-order valence-corrected chi connectivity index (χ2v) is 6.70. The summed E-state index contributed by atoms with van der Waals surface area (Å²) in [6, 6.07) is 10.6. The third-order valence-electron chi connectivity index (χ3n) is 5.06. The average molecular weight is 302 g/mol. The van der Waals surface area contributed by atoms with Crippen LogP contribution in [0.15, 0.2) is 30.3 Å². The number of rotatable bonds is 4. The molecule has 0 saturated carbocycles. The van der Waals surface area contributed by atoms with Crippen molar-refractivity contribution in [3.63, 3.8) is 0 Å². The van der Waals surface area contributed by atoms with E-state index < -0.39 is 0 Å². The van der Waals surface area contributed by atoms with Gasteiger partial charge in [-0.2, -0.15) is 0 Å². The Balaban J connectivity index is 1.48. The molecule has 1 N–H and O–H groups in total. The SMILES string of the molecule is CNC(=O)CC1COC2(CCN(Cc3ccccc3)CC2)C1. The fourth-order valence-corrected chi connectivity index (χ4v) is 3.74. The average Bonchev–Trinajstić information content (AvgIpc) is 2.93. The van der Waals surface area contributed by atoms with Crippen molar-refractivity contribution in [3.05, 3.63) is 35.9 Å². The number of nitrogens with one attached hydrogen (secondary N) is 1. The zero-order chi connectivity index (χ0) is 15.4. The topological polar surface area (TPSA) is 41.6 Å².